The molecular formula is C21H24N6O2. The first kappa shape index (κ1) is 19.1. The third-order valence-corrected chi connectivity index (χ3v) is 5.18. The molecule has 4 N–H and O–H groups in total. The van der Waals surface area contributed by atoms with Crippen LogP contribution >= 0.6 is 0 Å². The third-order valence-electron chi connectivity index (χ3n) is 5.18. The largest absolute Gasteiger partial charge is 0.402 e. The van der Waals surface area contributed by atoms with E-state index in [9.17, 15) is 4.79 Å². The summed E-state index contributed by atoms with van der Waals surface area (Å²) in [6.45, 7) is 5.54. The van der Waals surface area contributed by atoms with Crippen LogP contribution in [0.1, 0.15) is 48.7 Å². The molecule has 3 aromatic rings. The van der Waals surface area contributed by atoms with Gasteiger partial charge in [-0.05, 0) is 45.3 Å². The Labute approximate surface area is 168 Å². The Bertz CT molecular complexity index is 1100. The fraction of sp³-hybridized carbons (Fsp3) is 0.333. The average Bonchev–Trinajstić information content (AvgIpc) is 3.17. The molecule has 1 fully saturated rings. The number of piperidine rings is 1. The van der Waals surface area contributed by atoms with Crippen molar-refractivity contribution in [3.05, 3.63) is 69.4 Å². The molecule has 0 amide bonds. The SMILES string of the molecule is CC(N)=C(c1nc(C2CCNCC2)cc(=O)[nH]1)c1nc(-c2ccccc2C)no1. The van der Waals surface area contributed by atoms with Gasteiger partial charge in [-0.3, -0.25) is 4.79 Å². The van der Waals surface area contributed by atoms with Gasteiger partial charge in [0.1, 0.15) is 11.4 Å². The van der Waals surface area contributed by atoms with Gasteiger partial charge in [0, 0.05) is 23.2 Å². The second kappa shape index (κ2) is 8.00. The van der Waals surface area contributed by atoms with E-state index in [4.69, 9.17) is 15.2 Å². The smallest absolute Gasteiger partial charge is 0.263 e. The number of benzene rings is 1. The number of nitrogens with one attached hydrogen (secondary N) is 2. The number of aromatic nitrogens is 4. The molecule has 1 aliphatic rings. The van der Waals surface area contributed by atoms with Gasteiger partial charge in [-0.25, -0.2) is 4.98 Å². The molecule has 0 bridgehead atoms. The molecule has 1 saturated heterocycles. The molecule has 0 unspecified atom stereocenters. The lowest BCUT2D eigenvalue weighted by atomic mass is 9.94. The lowest BCUT2D eigenvalue weighted by Crippen LogP contribution is -2.28. The van der Waals surface area contributed by atoms with Crippen LogP contribution in [0.25, 0.3) is 17.0 Å². The highest BCUT2D eigenvalue weighted by atomic mass is 16.5. The summed E-state index contributed by atoms with van der Waals surface area (Å²) in [5.74, 6) is 1.29. The summed E-state index contributed by atoms with van der Waals surface area (Å²) in [4.78, 5) is 24.4. The summed E-state index contributed by atoms with van der Waals surface area (Å²) < 4.78 is 5.51. The summed E-state index contributed by atoms with van der Waals surface area (Å²) in [5, 5.41) is 7.43. The topological polar surface area (TPSA) is 123 Å². The van der Waals surface area contributed by atoms with E-state index in [2.05, 4.69) is 20.4 Å². The number of aryl methyl sites for hydroxylation is 1. The van der Waals surface area contributed by atoms with Gasteiger partial charge in [0.2, 0.25) is 5.82 Å². The Balaban J connectivity index is 1.75. The molecule has 8 heteroatoms. The van der Waals surface area contributed by atoms with Gasteiger partial charge < -0.3 is 20.6 Å². The summed E-state index contributed by atoms with van der Waals surface area (Å²) in [6.07, 6.45) is 1.88. The second-order valence-electron chi connectivity index (χ2n) is 7.34. The number of nitrogens with two attached hydrogens (primary N) is 1. The van der Waals surface area contributed by atoms with Gasteiger partial charge >= 0.3 is 0 Å². The summed E-state index contributed by atoms with van der Waals surface area (Å²) in [7, 11) is 0. The fourth-order valence-corrected chi connectivity index (χ4v) is 3.64. The Hall–Kier alpha value is -3.26. The Morgan fingerprint density at radius 3 is 2.69 bits per heavy atom. The average molecular weight is 392 g/mol. The van der Waals surface area contributed by atoms with Crippen molar-refractivity contribution in [3.63, 3.8) is 0 Å². The number of allylic oxidation sites excluding steroid dienone is 1. The monoisotopic (exact) mass is 392 g/mol. The van der Waals surface area contributed by atoms with Gasteiger partial charge in [-0.15, -0.1) is 0 Å². The molecule has 1 aromatic carbocycles. The number of rotatable bonds is 4. The molecule has 150 valence electrons. The van der Waals surface area contributed by atoms with E-state index in [-0.39, 0.29) is 17.4 Å². The van der Waals surface area contributed by atoms with Crippen LogP contribution in [0.15, 0.2) is 45.3 Å². The standard InChI is InChI=1S/C21H24N6O2/c1-12-5-3-4-6-15(12)19-26-21(29-27-19)18(13(2)22)20-24-16(11-17(28)25-20)14-7-9-23-10-8-14/h3-6,11,14,23H,7-10,22H2,1-2H3,(H,24,25,28). The zero-order valence-corrected chi connectivity index (χ0v) is 16.5. The van der Waals surface area contributed by atoms with Crippen molar-refractivity contribution in [2.24, 2.45) is 5.73 Å². The molecule has 4 rings (SSSR count). The molecule has 0 radical (unpaired) electrons. The Morgan fingerprint density at radius 1 is 1.21 bits per heavy atom. The number of hydrogen-bond acceptors (Lipinski definition) is 7. The van der Waals surface area contributed by atoms with Gasteiger partial charge in [0.15, 0.2) is 0 Å². The zero-order valence-electron chi connectivity index (χ0n) is 16.5. The Morgan fingerprint density at radius 2 is 1.97 bits per heavy atom. The van der Waals surface area contributed by atoms with Crippen LogP contribution in [-0.4, -0.2) is 33.2 Å². The van der Waals surface area contributed by atoms with Crippen LogP contribution in [0.5, 0.6) is 0 Å². The summed E-state index contributed by atoms with van der Waals surface area (Å²) in [6, 6.07) is 9.36. The first-order chi connectivity index (χ1) is 14.0. The molecule has 29 heavy (non-hydrogen) atoms. The minimum Gasteiger partial charge on any atom is -0.402 e. The maximum Gasteiger partial charge on any atom is 0.263 e. The van der Waals surface area contributed by atoms with E-state index < -0.39 is 0 Å². The summed E-state index contributed by atoms with van der Waals surface area (Å²) >= 11 is 0. The van der Waals surface area contributed by atoms with Crippen LogP contribution in [0.4, 0.5) is 0 Å². The molecule has 1 aliphatic heterocycles. The molecule has 8 nitrogen and oxygen atoms in total. The van der Waals surface area contributed by atoms with E-state index in [1.54, 1.807) is 13.0 Å². The highest BCUT2D eigenvalue weighted by Gasteiger charge is 2.23. The van der Waals surface area contributed by atoms with Crippen LogP contribution in [0.3, 0.4) is 0 Å². The van der Waals surface area contributed by atoms with Crippen molar-refractivity contribution in [1.29, 1.82) is 0 Å². The summed E-state index contributed by atoms with van der Waals surface area (Å²) in [5.41, 5.74) is 9.48. The molecule has 0 saturated carbocycles. The van der Waals surface area contributed by atoms with Gasteiger partial charge in [-0.2, -0.15) is 4.98 Å². The highest BCUT2D eigenvalue weighted by Crippen LogP contribution is 2.27. The molecule has 0 aliphatic carbocycles. The first-order valence-corrected chi connectivity index (χ1v) is 9.71. The van der Waals surface area contributed by atoms with E-state index in [0.29, 0.717) is 22.9 Å². The van der Waals surface area contributed by atoms with Crippen molar-refractivity contribution in [2.45, 2.75) is 32.6 Å². The minimum absolute atomic E-state index is 0.221. The minimum atomic E-state index is -0.221. The molecular weight excluding hydrogens is 368 g/mol. The van der Waals surface area contributed by atoms with Crippen LogP contribution in [-0.2, 0) is 0 Å². The van der Waals surface area contributed by atoms with Crippen molar-refractivity contribution in [2.75, 3.05) is 13.1 Å². The van der Waals surface area contributed by atoms with Gasteiger partial charge in [0.05, 0.1) is 5.69 Å². The number of H-pyrrole nitrogens is 1. The van der Waals surface area contributed by atoms with Crippen molar-refractivity contribution >= 4 is 5.57 Å². The van der Waals surface area contributed by atoms with E-state index >= 15 is 0 Å². The van der Waals surface area contributed by atoms with Crippen molar-refractivity contribution in [1.82, 2.24) is 25.4 Å². The molecule has 2 aromatic heterocycles. The third kappa shape index (κ3) is 3.97. The highest BCUT2D eigenvalue weighted by molar-refractivity contribution is 5.74. The lowest BCUT2D eigenvalue weighted by Gasteiger charge is -2.22. The number of nitrogens with zero attached hydrogens (tertiary/aromatic N) is 3. The lowest BCUT2D eigenvalue weighted by molar-refractivity contribution is 0.408. The van der Waals surface area contributed by atoms with Crippen molar-refractivity contribution < 1.29 is 4.52 Å². The van der Waals surface area contributed by atoms with E-state index in [1.165, 1.54) is 0 Å². The van der Waals surface area contributed by atoms with Crippen LogP contribution in [0, 0.1) is 6.92 Å². The van der Waals surface area contributed by atoms with Gasteiger partial charge in [0.25, 0.3) is 11.4 Å². The Kier molecular flexibility index (Phi) is 5.26. The van der Waals surface area contributed by atoms with E-state index in [0.717, 1.165) is 42.8 Å². The fourth-order valence-electron chi connectivity index (χ4n) is 3.64. The van der Waals surface area contributed by atoms with Crippen molar-refractivity contribution in [3.8, 4) is 11.4 Å². The molecule has 0 atom stereocenters. The quantitative estimate of drug-likeness (QED) is 0.623. The predicted octanol–water partition coefficient (Wildman–Crippen LogP) is 2.33. The normalized spacial score (nSPS) is 15.9. The number of hydrogen-bond donors (Lipinski definition) is 3. The van der Waals surface area contributed by atoms with Crippen LogP contribution in [0.2, 0.25) is 0 Å². The predicted molar refractivity (Wildman–Crippen MR) is 110 cm³/mol. The zero-order chi connectivity index (χ0) is 20.4. The first-order valence-electron chi connectivity index (χ1n) is 9.71. The van der Waals surface area contributed by atoms with Gasteiger partial charge in [-0.1, -0.05) is 29.4 Å². The number of aromatic amines is 1. The molecule has 3 heterocycles. The van der Waals surface area contributed by atoms with Crippen LogP contribution < -0.4 is 16.6 Å². The molecule has 0 spiro atoms. The van der Waals surface area contributed by atoms with E-state index in [1.807, 2.05) is 31.2 Å². The maximum atomic E-state index is 12.3. The maximum absolute atomic E-state index is 12.3. The second-order valence-corrected chi connectivity index (χ2v) is 7.34.